The first-order valence-electron chi connectivity index (χ1n) is 31.1. The van der Waals surface area contributed by atoms with E-state index < -0.39 is 16.2 Å². The molecule has 0 saturated carbocycles. The van der Waals surface area contributed by atoms with Crippen LogP contribution in [0.25, 0.3) is 67.3 Å². The lowest BCUT2D eigenvalue weighted by Gasteiger charge is -2.57. The summed E-state index contributed by atoms with van der Waals surface area (Å²) in [4.78, 5) is 14.9. The molecule has 0 bridgehead atoms. The first-order chi connectivity index (χ1) is 40.3. The highest BCUT2D eigenvalue weighted by atomic mass is 15.2. The predicted octanol–water partition coefficient (Wildman–Crippen LogP) is 17.5. The number of para-hydroxylation sites is 2. The number of fused-ring (bicyclic) bond motifs is 13. The highest BCUT2D eigenvalue weighted by molar-refractivity contribution is 7.00. The van der Waals surface area contributed by atoms with Crippen molar-refractivity contribution in [3.8, 4) is 45.3 Å². The van der Waals surface area contributed by atoms with Crippen LogP contribution in [0.1, 0.15) is 178 Å². The molecule has 0 saturated heterocycles. The molecular formula is C79H74BN5. The van der Waals surface area contributed by atoms with Crippen LogP contribution in [0.2, 0.25) is 0 Å². The molecule has 0 unspecified atom stereocenters. The van der Waals surface area contributed by atoms with Crippen LogP contribution < -0.4 is 21.3 Å². The average Bonchev–Trinajstić information content (AvgIpc) is 1.62. The van der Waals surface area contributed by atoms with Gasteiger partial charge in [-0.15, -0.1) is 0 Å². The van der Waals surface area contributed by atoms with Gasteiger partial charge in [0.05, 0.1) is 55.9 Å². The molecule has 0 fully saturated rings. The first-order valence-corrected chi connectivity index (χ1v) is 31.1. The van der Waals surface area contributed by atoms with Crippen LogP contribution in [0, 0.1) is 0 Å². The third kappa shape index (κ3) is 6.11. The summed E-state index contributed by atoms with van der Waals surface area (Å²) in [5.74, 6) is 1.96. The van der Waals surface area contributed by atoms with E-state index in [-0.39, 0.29) is 28.4 Å². The Morgan fingerprint density at radius 1 is 0.376 bits per heavy atom. The number of rotatable bonds is 2. The summed E-state index contributed by atoms with van der Waals surface area (Å²) >= 11 is 0. The van der Waals surface area contributed by atoms with E-state index in [0.717, 1.165) is 33.8 Å². The fraction of sp³-hybridized carbons (Fsp3) is 0.291. The van der Waals surface area contributed by atoms with Gasteiger partial charge in [0, 0.05) is 33.1 Å². The maximum atomic E-state index is 6.01. The lowest BCUT2D eigenvalue weighted by atomic mass is 9.33. The van der Waals surface area contributed by atoms with E-state index in [1.165, 1.54) is 134 Å². The molecular weight excluding hydrogens is 1030 g/mol. The van der Waals surface area contributed by atoms with Gasteiger partial charge in [0.25, 0.3) is 6.71 Å². The standard InChI is InChI=1S/C79H74BN5/c1-73(2,3)45-33-35-47-48-36-34-46(74(4,5)6)42-56(48)79(55(47)41-45)53-31-23-29-51-64(53)83-65-52(30-24-32-54(65)79)78(15,16)60-68(83)59(77(51,13)14)69-61-70(60)85-67-58(40-38-50(76(10,11)12)63(67)82-72(85)44-27-21-18-22-28-44)80(61)57-39-37-49(75(7,8)9)62-66(57)84(69)71(81-62)43-25-19-17-20-26-43/h17-42H,1-16H3. The van der Waals surface area contributed by atoms with Crippen molar-refractivity contribution in [1.29, 1.82) is 0 Å². The summed E-state index contributed by atoms with van der Waals surface area (Å²) in [6.07, 6.45) is 0. The van der Waals surface area contributed by atoms with Gasteiger partial charge in [-0.3, -0.25) is 9.13 Å². The number of hydrogen-bond donors (Lipinski definition) is 0. The van der Waals surface area contributed by atoms with E-state index in [0.29, 0.717) is 0 Å². The van der Waals surface area contributed by atoms with Gasteiger partial charge in [-0.05, 0) is 105 Å². The van der Waals surface area contributed by atoms with Crippen LogP contribution in [0.5, 0.6) is 0 Å². The minimum absolute atomic E-state index is 0.0716. The summed E-state index contributed by atoms with van der Waals surface area (Å²) in [7, 11) is 0. The van der Waals surface area contributed by atoms with E-state index in [2.05, 4.69) is 283 Å². The van der Waals surface area contributed by atoms with Gasteiger partial charge in [-0.1, -0.05) is 269 Å². The SMILES string of the molecule is CC(C)(C)c1ccc2c(c1)C1(c3cc(C(C)(C)C)ccc3-2)c2cccc3c2N2c4c(cccc41)C(C)(C)c1c2c(c2c4c1-n1c(-c5ccccc5)nc5c(C(C)(C)C)ccc(c51)B4c1ccc(C(C)(C)C)c4nc(-c5ccccc5)n-2c14)C3(C)C. The van der Waals surface area contributed by atoms with Crippen molar-refractivity contribution in [2.45, 2.75) is 149 Å². The van der Waals surface area contributed by atoms with Crippen molar-refractivity contribution in [2.24, 2.45) is 0 Å². The molecule has 5 nitrogen and oxygen atoms in total. The molecule has 17 rings (SSSR count). The normalized spacial score (nSPS) is 16.5. The molecule has 418 valence electrons. The Balaban J connectivity index is 1.12. The molecule has 0 N–H and O–H groups in total. The molecule has 1 spiro atoms. The average molecular weight is 1100 g/mol. The fourth-order valence-corrected chi connectivity index (χ4v) is 17.2. The number of nitrogens with zero attached hydrogens (tertiary/aromatic N) is 5. The van der Waals surface area contributed by atoms with Crippen molar-refractivity contribution in [2.75, 3.05) is 4.90 Å². The summed E-state index contributed by atoms with van der Waals surface area (Å²) in [5, 5.41) is 0. The second-order valence-corrected chi connectivity index (χ2v) is 31.0. The first kappa shape index (κ1) is 51.2. The van der Waals surface area contributed by atoms with Gasteiger partial charge < -0.3 is 4.90 Å². The number of imidazole rings is 2. The zero-order valence-corrected chi connectivity index (χ0v) is 52.3. The van der Waals surface area contributed by atoms with Gasteiger partial charge in [-0.25, -0.2) is 9.97 Å². The predicted molar refractivity (Wildman–Crippen MR) is 356 cm³/mol. The van der Waals surface area contributed by atoms with E-state index in [9.17, 15) is 0 Å². The Labute approximate surface area is 501 Å². The van der Waals surface area contributed by atoms with Crippen LogP contribution in [-0.2, 0) is 37.9 Å². The molecule has 0 radical (unpaired) electrons. The van der Waals surface area contributed by atoms with Crippen LogP contribution in [0.3, 0.4) is 0 Å². The Hall–Kier alpha value is -8.22. The molecule has 1 aliphatic carbocycles. The second-order valence-electron chi connectivity index (χ2n) is 31.0. The minimum Gasteiger partial charge on any atom is -0.308 e. The molecule has 6 heteroatoms. The van der Waals surface area contributed by atoms with E-state index in [4.69, 9.17) is 9.97 Å². The van der Waals surface area contributed by atoms with Crippen molar-refractivity contribution < 1.29 is 0 Å². The summed E-state index contributed by atoms with van der Waals surface area (Å²) in [6.45, 7) is 38.5. The smallest absolute Gasteiger partial charge is 0.252 e. The van der Waals surface area contributed by atoms with Crippen LogP contribution in [-0.4, -0.2) is 25.8 Å². The van der Waals surface area contributed by atoms with Gasteiger partial charge in [0.2, 0.25) is 0 Å². The van der Waals surface area contributed by atoms with E-state index in [1.54, 1.807) is 0 Å². The maximum absolute atomic E-state index is 6.01. The molecule has 9 aromatic carbocycles. The highest BCUT2D eigenvalue weighted by Gasteiger charge is 2.61. The summed E-state index contributed by atoms with van der Waals surface area (Å²) in [5.41, 5.74) is 33.7. The summed E-state index contributed by atoms with van der Waals surface area (Å²) < 4.78 is 5.35. The molecule has 0 atom stereocenters. The van der Waals surface area contributed by atoms with Gasteiger partial charge >= 0.3 is 0 Å². The van der Waals surface area contributed by atoms with Gasteiger partial charge in [0.1, 0.15) is 11.6 Å². The lowest BCUT2D eigenvalue weighted by Crippen LogP contribution is -2.61. The molecule has 2 aromatic heterocycles. The largest absolute Gasteiger partial charge is 0.308 e. The zero-order valence-electron chi connectivity index (χ0n) is 52.3. The number of benzene rings is 9. The number of hydrogen-bond acceptors (Lipinski definition) is 3. The van der Waals surface area contributed by atoms with Crippen LogP contribution >= 0.6 is 0 Å². The minimum atomic E-state index is -0.631. The van der Waals surface area contributed by atoms with E-state index >= 15 is 0 Å². The third-order valence-corrected chi connectivity index (χ3v) is 21.2. The van der Waals surface area contributed by atoms with E-state index in [1.807, 2.05) is 0 Å². The lowest BCUT2D eigenvalue weighted by molar-refractivity contribution is 0.576. The van der Waals surface area contributed by atoms with Crippen molar-refractivity contribution in [3.63, 3.8) is 0 Å². The topological polar surface area (TPSA) is 38.9 Å². The molecule has 11 aromatic rings. The molecule has 0 amide bonds. The fourth-order valence-electron chi connectivity index (χ4n) is 17.2. The highest BCUT2D eigenvalue weighted by Crippen LogP contribution is 2.72. The van der Waals surface area contributed by atoms with Gasteiger partial charge in [-0.2, -0.15) is 0 Å². The number of anilines is 3. The van der Waals surface area contributed by atoms with Gasteiger partial charge in [0.15, 0.2) is 0 Å². The van der Waals surface area contributed by atoms with Crippen molar-refractivity contribution in [3.05, 3.63) is 224 Å². The quantitative estimate of drug-likeness (QED) is 0.162. The monoisotopic (exact) mass is 1100 g/mol. The Morgan fingerprint density at radius 3 is 1.16 bits per heavy atom. The molecule has 7 heterocycles. The molecule has 5 aliphatic heterocycles. The van der Waals surface area contributed by atoms with Crippen molar-refractivity contribution in [1.82, 2.24) is 19.1 Å². The third-order valence-electron chi connectivity index (χ3n) is 21.2. The second kappa shape index (κ2) is 15.8. The molecule has 6 aliphatic rings. The Bertz CT molecular complexity index is 4560. The van der Waals surface area contributed by atoms with Crippen LogP contribution in [0.15, 0.2) is 158 Å². The zero-order chi connectivity index (χ0) is 58.9. The number of aromatic nitrogens is 4. The summed E-state index contributed by atoms with van der Waals surface area (Å²) in [6, 6.07) is 61.7. The van der Waals surface area contributed by atoms with Crippen LogP contribution in [0.4, 0.5) is 17.1 Å². The van der Waals surface area contributed by atoms with Crippen molar-refractivity contribution >= 4 is 62.2 Å². The maximum Gasteiger partial charge on any atom is 0.252 e. The molecule has 85 heavy (non-hydrogen) atoms. The Kier molecular flexibility index (Phi) is 9.52. The Morgan fingerprint density at radius 2 is 0.776 bits per heavy atom.